The number of hydrogen-bond acceptors (Lipinski definition) is 9. The molecule has 0 amide bonds. The zero-order chi connectivity index (χ0) is 34.1. The van der Waals surface area contributed by atoms with Crippen molar-refractivity contribution < 1.29 is 14.2 Å². The van der Waals surface area contributed by atoms with Crippen LogP contribution in [0.5, 0.6) is 5.75 Å². The van der Waals surface area contributed by atoms with Crippen LogP contribution in [0.15, 0.2) is 90.2 Å². The van der Waals surface area contributed by atoms with Crippen molar-refractivity contribution in [2.45, 2.75) is 50.0 Å². The fourth-order valence-corrected chi connectivity index (χ4v) is 7.39. The standard InChI is InChI=1S/C37H41ClN8O4/c1-42-25-39-41-35(42)22-37(27-6-8-28(38)9-7-27)49-24-34(50-37)23-48-33-16-14-30(15-17-33)44-20-18-43(19-21-44)29-10-12-32(13-11-29)46-36(47)45(26-40-46)31-4-2-3-5-31/h6-17,25-26,31,34H,2-5,18-24H2,1H3. The van der Waals surface area contributed by atoms with Gasteiger partial charge in [0, 0.05) is 61.2 Å². The largest absolute Gasteiger partial charge is 0.491 e. The SMILES string of the molecule is Cn1cnnc1CC1(c2ccc(Cl)cc2)OCC(COc2ccc(N3CCN(c4ccc(-n5ncn(C6CCCC6)c5=O)cc4)CC3)cc2)O1. The molecule has 3 aromatic carbocycles. The van der Waals surface area contributed by atoms with Crippen LogP contribution in [0, 0.1) is 0 Å². The van der Waals surface area contributed by atoms with Gasteiger partial charge in [-0.3, -0.25) is 4.57 Å². The molecule has 0 spiro atoms. The van der Waals surface area contributed by atoms with Crippen molar-refractivity contribution in [3.05, 3.63) is 112 Å². The Kier molecular flexibility index (Phi) is 9.07. The molecule has 0 bridgehead atoms. The number of ether oxygens (including phenoxy) is 3. The van der Waals surface area contributed by atoms with Gasteiger partial charge < -0.3 is 28.6 Å². The molecule has 4 heterocycles. The predicted molar refractivity (Wildman–Crippen MR) is 190 cm³/mol. The van der Waals surface area contributed by atoms with Gasteiger partial charge in [0.1, 0.15) is 36.9 Å². The van der Waals surface area contributed by atoms with E-state index in [4.69, 9.17) is 25.8 Å². The molecule has 12 nitrogen and oxygen atoms in total. The second-order valence-corrected chi connectivity index (χ2v) is 13.7. The highest BCUT2D eigenvalue weighted by Gasteiger charge is 2.44. The van der Waals surface area contributed by atoms with Crippen LogP contribution >= 0.6 is 11.6 Å². The first-order valence-corrected chi connectivity index (χ1v) is 17.7. The third-order valence-corrected chi connectivity index (χ3v) is 10.4. The number of anilines is 2. The van der Waals surface area contributed by atoms with Crippen LogP contribution in [0.3, 0.4) is 0 Å². The van der Waals surface area contributed by atoms with Crippen molar-refractivity contribution in [1.82, 2.24) is 29.1 Å². The van der Waals surface area contributed by atoms with Gasteiger partial charge in [0.05, 0.1) is 18.7 Å². The normalized spacial score (nSPS) is 21.3. The number of rotatable bonds is 10. The summed E-state index contributed by atoms with van der Waals surface area (Å²) in [7, 11) is 1.90. The van der Waals surface area contributed by atoms with E-state index in [-0.39, 0.29) is 17.8 Å². The van der Waals surface area contributed by atoms with Crippen LogP contribution in [0.25, 0.3) is 5.69 Å². The second kappa shape index (κ2) is 13.9. The van der Waals surface area contributed by atoms with Crippen LogP contribution in [-0.4, -0.2) is 74.6 Å². The molecule has 1 aliphatic carbocycles. The van der Waals surface area contributed by atoms with Crippen LogP contribution in [0.1, 0.15) is 43.1 Å². The molecule has 8 rings (SSSR count). The second-order valence-electron chi connectivity index (χ2n) is 13.3. The predicted octanol–water partition coefficient (Wildman–Crippen LogP) is 5.15. The van der Waals surface area contributed by atoms with Gasteiger partial charge in [-0.1, -0.05) is 36.6 Å². The lowest BCUT2D eigenvalue weighted by Crippen LogP contribution is -2.46. The van der Waals surface area contributed by atoms with Crippen molar-refractivity contribution in [3.8, 4) is 11.4 Å². The average Bonchev–Trinajstić information content (AvgIpc) is 3.98. The van der Waals surface area contributed by atoms with E-state index in [9.17, 15) is 4.79 Å². The molecule has 260 valence electrons. The van der Waals surface area contributed by atoms with Crippen molar-refractivity contribution in [2.75, 3.05) is 49.2 Å². The summed E-state index contributed by atoms with van der Waals surface area (Å²) in [5.74, 6) is 0.526. The third-order valence-electron chi connectivity index (χ3n) is 10.1. The number of benzene rings is 3. The smallest absolute Gasteiger partial charge is 0.350 e. The Bertz CT molecular complexity index is 1940. The lowest BCUT2D eigenvalue weighted by atomic mass is 10.0. The highest BCUT2D eigenvalue weighted by Crippen LogP contribution is 2.38. The highest BCUT2D eigenvalue weighted by atomic mass is 35.5. The molecule has 3 fully saturated rings. The van der Waals surface area contributed by atoms with Crippen molar-refractivity contribution >= 4 is 23.0 Å². The average molecular weight is 697 g/mol. The van der Waals surface area contributed by atoms with E-state index >= 15 is 0 Å². The molecule has 50 heavy (non-hydrogen) atoms. The monoisotopic (exact) mass is 696 g/mol. The van der Waals surface area contributed by atoms with Gasteiger partial charge in [0.2, 0.25) is 5.79 Å². The molecule has 13 heteroatoms. The van der Waals surface area contributed by atoms with Crippen LogP contribution in [0.2, 0.25) is 5.02 Å². The van der Waals surface area contributed by atoms with Gasteiger partial charge in [0.15, 0.2) is 0 Å². The van der Waals surface area contributed by atoms with E-state index in [2.05, 4.69) is 49.4 Å². The maximum atomic E-state index is 13.0. The molecule has 2 aromatic heterocycles. The van der Waals surface area contributed by atoms with Gasteiger partial charge in [-0.15, -0.1) is 10.2 Å². The summed E-state index contributed by atoms with van der Waals surface area (Å²) in [6.45, 7) is 4.33. The molecular weight excluding hydrogens is 656 g/mol. The minimum absolute atomic E-state index is 0.0544. The first-order chi connectivity index (χ1) is 24.4. The lowest BCUT2D eigenvalue weighted by Gasteiger charge is -2.37. The quantitative estimate of drug-likeness (QED) is 0.196. The Morgan fingerprint density at radius 3 is 2.14 bits per heavy atom. The van der Waals surface area contributed by atoms with Gasteiger partial charge in [-0.05, 0) is 73.5 Å². The van der Waals surface area contributed by atoms with Gasteiger partial charge >= 0.3 is 5.69 Å². The number of hydrogen-bond donors (Lipinski definition) is 0. The number of aryl methyl sites for hydroxylation is 1. The minimum Gasteiger partial charge on any atom is -0.491 e. The van der Waals surface area contributed by atoms with E-state index in [1.54, 1.807) is 17.2 Å². The zero-order valence-electron chi connectivity index (χ0n) is 28.1. The van der Waals surface area contributed by atoms with E-state index in [0.29, 0.717) is 24.7 Å². The lowest BCUT2D eigenvalue weighted by molar-refractivity contribution is -0.179. The molecule has 2 unspecified atom stereocenters. The Morgan fingerprint density at radius 1 is 0.860 bits per heavy atom. The first kappa shape index (κ1) is 32.5. The molecule has 3 aliphatic rings. The Morgan fingerprint density at radius 2 is 1.50 bits per heavy atom. The van der Waals surface area contributed by atoms with E-state index in [0.717, 1.165) is 73.2 Å². The van der Waals surface area contributed by atoms with Crippen LogP contribution in [0.4, 0.5) is 11.4 Å². The fourth-order valence-electron chi connectivity index (χ4n) is 7.27. The summed E-state index contributed by atoms with van der Waals surface area (Å²) in [5.41, 5.74) is 3.92. The third kappa shape index (κ3) is 6.62. The summed E-state index contributed by atoms with van der Waals surface area (Å²) in [6, 6.07) is 24.2. The summed E-state index contributed by atoms with van der Waals surface area (Å²) in [6.07, 6.45) is 7.97. The Labute approximate surface area is 295 Å². The fraction of sp³-hybridized carbons (Fsp3) is 0.405. The molecule has 0 N–H and O–H groups in total. The number of nitrogens with zero attached hydrogens (tertiary/aromatic N) is 8. The van der Waals surface area contributed by atoms with Crippen molar-refractivity contribution in [3.63, 3.8) is 0 Å². The maximum Gasteiger partial charge on any atom is 0.350 e. The van der Waals surface area contributed by atoms with E-state index in [1.165, 1.54) is 17.5 Å². The van der Waals surface area contributed by atoms with Crippen molar-refractivity contribution in [2.24, 2.45) is 7.05 Å². The number of aromatic nitrogens is 6. The highest BCUT2D eigenvalue weighted by molar-refractivity contribution is 6.30. The van der Waals surface area contributed by atoms with E-state index < -0.39 is 5.79 Å². The molecule has 2 aliphatic heterocycles. The molecular formula is C37H41ClN8O4. The van der Waals surface area contributed by atoms with Gasteiger partial charge in [0.25, 0.3) is 0 Å². The van der Waals surface area contributed by atoms with Crippen LogP contribution in [-0.2, 0) is 28.7 Å². The first-order valence-electron chi connectivity index (χ1n) is 17.3. The minimum atomic E-state index is -1.01. The molecule has 2 saturated heterocycles. The summed E-state index contributed by atoms with van der Waals surface area (Å²) < 4.78 is 24.2. The Hall–Kier alpha value is -4.65. The van der Waals surface area contributed by atoms with Crippen LogP contribution < -0.4 is 20.2 Å². The zero-order valence-corrected chi connectivity index (χ0v) is 28.9. The maximum absolute atomic E-state index is 13.0. The van der Waals surface area contributed by atoms with Gasteiger partial charge in [-0.25, -0.2) is 4.79 Å². The summed E-state index contributed by atoms with van der Waals surface area (Å²) >= 11 is 6.17. The molecule has 5 aromatic rings. The van der Waals surface area contributed by atoms with Gasteiger partial charge in [-0.2, -0.15) is 9.78 Å². The number of halogens is 1. The Balaban J connectivity index is 0.843. The molecule has 2 atom stereocenters. The topological polar surface area (TPSA) is 105 Å². The number of piperazine rings is 1. The molecule has 1 saturated carbocycles. The molecule has 0 radical (unpaired) electrons. The van der Waals surface area contributed by atoms with E-state index in [1.807, 2.05) is 60.1 Å². The summed E-state index contributed by atoms with van der Waals surface area (Å²) in [5, 5.41) is 13.3. The van der Waals surface area contributed by atoms with Crippen molar-refractivity contribution in [1.29, 1.82) is 0 Å². The summed E-state index contributed by atoms with van der Waals surface area (Å²) in [4.78, 5) is 17.8.